The number of methoxy groups -OCH3 is 2. The number of ether oxygens (including phenoxy) is 6. The summed E-state index contributed by atoms with van der Waals surface area (Å²) in [6.07, 6.45) is 11.1. The van der Waals surface area contributed by atoms with Crippen molar-refractivity contribution in [2.75, 3.05) is 72.1 Å². The molecule has 8 heterocycles. The predicted octanol–water partition coefficient (Wildman–Crippen LogP) is 6.60. The van der Waals surface area contributed by atoms with Crippen LogP contribution in [0.15, 0.2) is 86.1 Å². The Labute approximate surface area is 477 Å². The highest BCUT2D eigenvalue weighted by atomic mass is 16.7. The van der Waals surface area contributed by atoms with E-state index in [1.54, 1.807) is 87.8 Å². The molecule has 26 heteroatoms. The summed E-state index contributed by atoms with van der Waals surface area (Å²) in [5.41, 5.74) is 3.20. The van der Waals surface area contributed by atoms with Crippen LogP contribution in [0, 0.1) is 0 Å². The van der Waals surface area contributed by atoms with Crippen molar-refractivity contribution in [3.63, 3.8) is 0 Å². The Morgan fingerprint density at radius 1 is 0.639 bits per heavy atom. The quantitative estimate of drug-likeness (QED) is 0.0306. The van der Waals surface area contributed by atoms with Gasteiger partial charge in [0.25, 0.3) is 29.5 Å². The predicted molar refractivity (Wildman–Crippen MR) is 303 cm³/mol. The molecule has 0 bridgehead atoms. The minimum atomic E-state index is -0.927. The van der Waals surface area contributed by atoms with Gasteiger partial charge in [0.05, 0.1) is 66.6 Å². The second-order valence-electron chi connectivity index (χ2n) is 20.2. The Balaban J connectivity index is 0.776. The van der Waals surface area contributed by atoms with E-state index in [4.69, 9.17) is 28.4 Å². The monoisotopic (exact) mass is 1140 g/mol. The van der Waals surface area contributed by atoms with Gasteiger partial charge in [-0.3, -0.25) is 28.8 Å². The number of aryl methyl sites for hydroxylation is 5. The van der Waals surface area contributed by atoms with Crippen LogP contribution in [-0.4, -0.2) is 134 Å². The van der Waals surface area contributed by atoms with E-state index in [1.807, 2.05) is 0 Å². The van der Waals surface area contributed by atoms with Crippen molar-refractivity contribution in [3.8, 4) is 11.5 Å². The molecule has 7 amide bonds. The molecular weight excluding hydrogens is 1080 g/mol. The number of hydrogen-bond donors (Lipinski definition) is 5. The lowest BCUT2D eigenvalue weighted by Crippen LogP contribution is -2.54. The molecule has 3 aliphatic rings. The van der Waals surface area contributed by atoms with Crippen LogP contribution in [0.25, 0.3) is 0 Å². The Morgan fingerprint density at radius 3 is 1.63 bits per heavy atom. The molecule has 3 aliphatic heterocycles. The van der Waals surface area contributed by atoms with Gasteiger partial charge in [-0.1, -0.05) is 12.7 Å². The highest BCUT2D eigenvalue weighted by Crippen LogP contribution is 2.43. The molecule has 6 aromatic rings. The van der Waals surface area contributed by atoms with Crippen LogP contribution in [0.5, 0.6) is 11.5 Å². The van der Waals surface area contributed by atoms with E-state index in [1.165, 1.54) is 73.8 Å². The van der Waals surface area contributed by atoms with E-state index >= 15 is 0 Å². The normalized spacial score (nSPS) is 16.5. The van der Waals surface area contributed by atoms with Crippen molar-refractivity contribution < 1.29 is 66.8 Å². The number of amides is 7. The minimum absolute atomic E-state index is 0.0259. The molecule has 9 rings (SSSR count). The lowest BCUT2D eigenvalue weighted by Gasteiger charge is -2.38. The fourth-order valence-electron chi connectivity index (χ4n) is 10.3. The summed E-state index contributed by atoms with van der Waals surface area (Å²) in [4.78, 5) is 110. The summed E-state index contributed by atoms with van der Waals surface area (Å²) in [5, 5.41) is 13.9. The Bertz CT molecular complexity index is 3500. The lowest BCUT2D eigenvalue weighted by molar-refractivity contribution is -0.195. The third-order valence-corrected chi connectivity index (χ3v) is 14.3. The highest BCUT2D eigenvalue weighted by Gasteiger charge is 2.48. The van der Waals surface area contributed by atoms with Crippen LogP contribution in [0.1, 0.15) is 108 Å². The molecule has 0 aliphatic carbocycles. The van der Waals surface area contributed by atoms with Crippen LogP contribution in [0.2, 0.25) is 0 Å². The number of carbonyl (C=O) groups is 8. The van der Waals surface area contributed by atoms with E-state index in [0.717, 1.165) is 19.3 Å². The molecule has 438 valence electrons. The molecule has 3 atom stereocenters. The van der Waals surface area contributed by atoms with Gasteiger partial charge < -0.3 is 82.7 Å². The Morgan fingerprint density at radius 2 is 1.14 bits per heavy atom. The van der Waals surface area contributed by atoms with E-state index in [-0.39, 0.29) is 89.1 Å². The zero-order chi connectivity index (χ0) is 59.2. The maximum atomic E-state index is 14.2. The van der Waals surface area contributed by atoms with E-state index in [0.29, 0.717) is 54.4 Å². The maximum Gasteiger partial charge on any atom is 0.416 e. The van der Waals surface area contributed by atoms with E-state index in [9.17, 15) is 38.4 Å². The molecule has 5 N–H and O–H groups in total. The van der Waals surface area contributed by atoms with Crippen LogP contribution in [-0.2, 0) is 59.0 Å². The maximum absolute atomic E-state index is 14.2. The Hall–Kier alpha value is -9.56. The van der Waals surface area contributed by atoms with Gasteiger partial charge in [0.2, 0.25) is 5.91 Å². The molecular formula is C57H66N12O14. The number of nitrogens with zero attached hydrogens (tertiary/aromatic N) is 7. The number of carbonyl (C=O) groups excluding carboxylic acids is 8. The van der Waals surface area contributed by atoms with Gasteiger partial charge in [0.1, 0.15) is 35.1 Å². The second kappa shape index (κ2) is 25.1. The first kappa shape index (κ1) is 58.1. The average molecular weight is 1140 g/mol. The first-order valence-electron chi connectivity index (χ1n) is 26.8. The van der Waals surface area contributed by atoms with E-state index < -0.39 is 54.3 Å². The number of rotatable bonds is 20. The van der Waals surface area contributed by atoms with Crippen LogP contribution in [0.4, 0.5) is 38.9 Å². The summed E-state index contributed by atoms with van der Waals surface area (Å²) in [5.74, 6) is -2.77. The summed E-state index contributed by atoms with van der Waals surface area (Å²) < 4.78 is 42.4. The van der Waals surface area contributed by atoms with Gasteiger partial charge in [-0.15, -0.1) is 0 Å². The number of hydrogen-bond acceptors (Lipinski definition) is 14. The molecule has 0 saturated carbocycles. The molecule has 0 radical (unpaired) electrons. The van der Waals surface area contributed by atoms with Crippen LogP contribution >= 0.6 is 0 Å². The van der Waals surface area contributed by atoms with Crippen molar-refractivity contribution in [1.82, 2.24) is 27.7 Å². The smallest absolute Gasteiger partial charge is 0.416 e. The van der Waals surface area contributed by atoms with Crippen molar-refractivity contribution in [2.24, 2.45) is 35.2 Å². The SMILES string of the molecule is C=CCOC(=O)N1c2cc(OCCCC(=O)Nc3cc(C(=O)Nc4cc(C(=O)Nc5cc(C(=O)Nc6cc(C(=O)Nc7cc(C(=O)OC)n(C)c7)n(C)c6)n(C)c5)n(C)c4)n(C)c3)c(OC)cc2C(=O)N2CCC[C@H]2[C@@H]1OC1CCCCO1. The van der Waals surface area contributed by atoms with Gasteiger partial charge in [-0.25, -0.2) is 14.5 Å². The number of nitrogens with one attached hydrogen (secondary N) is 5. The van der Waals surface area contributed by atoms with Gasteiger partial charge >= 0.3 is 12.1 Å². The first-order chi connectivity index (χ1) is 39.8. The largest absolute Gasteiger partial charge is 0.493 e. The average Bonchev–Trinajstić information content (AvgIpc) is 3.00. The number of fused-ring (bicyclic) bond motifs is 2. The topological polar surface area (TPSA) is 283 Å². The second-order valence-corrected chi connectivity index (χ2v) is 20.2. The number of benzene rings is 1. The third kappa shape index (κ3) is 12.8. The minimum Gasteiger partial charge on any atom is -0.493 e. The molecule has 2 saturated heterocycles. The van der Waals surface area contributed by atoms with Crippen molar-refractivity contribution in [2.45, 2.75) is 63.5 Å². The summed E-state index contributed by atoms with van der Waals surface area (Å²) in [7, 11) is 10.9. The molecule has 1 aromatic carbocycles. The molecule has 0 spiro atoms. The number of anilines is 6. The lowest BCUT2D eigenvalue weighted by atomic mass is 10.1. The summed E-state index contributed by atoms with van der Waals surface area (Å²) in [6, 6.07) is 10.1. The Kier molecular flexibility index (Phi) is 17.5. The van der Waals surface area contributed by atoms with E-state index in [2.05, 4.69) is 33.2 Å². The third-order valence-electron chi connectivity index (χ3n) is 14.3. The summed E-state index contributed by atoms with van der Waals surface area (Å²) in [6.45, 7) is 4.64. The number of esters is 1. The standard InChI is InChI=1S/C57H66N12O14/c1-9-18-82-57(77)69-40-27-47(46(78-7)26-38(40)54(75)68-17-12-14-39(68)55(69)83-49-16-10-11-19-81-49)80-20-13-15-48(70)58-33-21-41(63(2)28-33)50(71)59-34-22-42(64(3)29-34)51(72)60-35-23-43(65(4)30-35)52(73)61-36-24-44(66(5)31-36)53(74)62-37-25-45(56(76)79-8)67(6)32-37/h9,21-32,39,49,55H,1,10-20H2,2-8H3,(H,58,70)(H,59,71)(H,60,72)(H,61,73)(H,62,74)/t39-,49?,55-/m0/s1. The zero-order valence-corrected chi connectivity index (χ0v) is 47.1. The van der Waals surface area contributed by atoms with Crippen LogP contribution < -0.4 is 41.0 Å². The van der Waals surface area contributed by atoms with Crippen molar-refractivity contribution in [3.05, 3.63) is 120 Å². The number of aromatic nitrogens is 5. The van der Waals surface area contributed by atoms with Gasteiger partial charge in [-0.05, 0) is 74.9 Å². The molecule has 26 nitrogen and oxygen atoms in total. The molecule has 5 aromatic heterocycles. The molecule has 83 heavy (non-hydrogen) atoms. The fourth-order valence-corrected chi connectivity index (χ4v) is 10.3. The zero-order valence-electron chi connectivity index (χ0n) is 47.1. The fraction of sp³-hybridized carbons (Fsp3) is 0.368. The van der Waals surface area contributed by atoms with Crippen LogP contribution in [0.3, 0.4) is 0 Å². The van der Waals surface area contributed by atoms with Crippen molar-refractivity contribution >= 4 is 81.6 Å². The highest BCUT2D eigenvalue weighted by molar-refractivity contribution is 6.10. The van der Waals surface area contributed by atoms with Crippen molar-refractivity contribution in [1.29, 1.82) is 0 Å². The molecule has 2 fully saturated rings. The summed E-state index contributed by atoms with van der Waals surface area (Å²) >= 11 is 0. The van der Waals surface area contributed by atoms with Gasteiger partial charge in [-0.2, -0.15) is 0 Å². The van der Waals surface area contributed by atoms with Gasteiger partial charge in [0.15, 0.2) is 24.0 Å². The first-order valence-corrected chi connectivity index (χ1v) is 26.8. The van der Waals surface area contributed by atoms with Gasteiger partial charge in [0, 0.05) is 91.9 Å². The molecule has 1 unspecified atom stereocenters.